The van der Waals surface area contributed by atoms with Gasteiger partial charge in [0.1, 0.15) is 37.1 Å². The summed E-state index contributed by atoms with van der Waals surface area (Å²) < 4.78 is 17.3. The van der Waals surface area contributed by atoms with Gasteiger partial charge in [0, 0.05) is 19.3 Å². The quantitative estimate of drug-likeness (QED) is 0.0680. The summed E-state index contributed by atoms with van der Waals surface area (Å²) in [6.07, 6.45) is -5.00. The molecule has 0 aromatic carbocycles. The van der Waals surface area contributed by atoms with E-state index < -0.39 is 110 Å². The highest BCUT2D eigenvalue weighted by atomic mass is 16.8. The Hall–Kier alpha value is -1.43. The van der Waals surface area contributed by atoms with Crippen molar-refractivity contribution in [3.8, 4) is 0 Å². The van der Waals surface area contributed by atoms with Crippen LogP contribution in [-0.4, -0.2) is 131 Å². The smallest absolute Gasteiger partial charge is 0.272 e. The van der Waals surface area contributed by atoms with E-state index in [1.54, 1.807) is 0 Å². The van der Waals surface area contributed by atoms with Crippen molar-refractivity contribution in [1.82, 2.24) is 0 Å². The van der Waals surface area contributed by atoms with E-state index in [1.807, 2.05) is 20.8 Å². The van der Waals surface area contributed by atoms with Gasteiger partial charge in [0.25, 0.3) is 5.79 Å². The number of unbranched alkanes of at least 4 members (excludes halogenated alkanes) is 9. The van der Waals surface area contributed by atoms with E-state index in [0.29, 0.717) is 32.1 Å². The van der Waals surface area contributed by atoms with Gasteiger partial charge in [-0.1, -0.05) is 78.6 Å². The van der Waals surface area contributed by atoms with Gasteiger partial charge < -0.3 is 55.1 Å². The lowest BCUT2D eigenvalue weighted by molar-refractivity contribution is -0.440. The Kier molecular flexibility index (Phi) is 16.5. The molecular formula is C33H58O14. The van der Waals surface area contributed by atoms with Crippen molar-refractivity contribution < 1.29 is 69.4 Å². The number of hydrogen-bond donors (Lipinski definition) is 8. The van der Waals surface area contributed by atoms with Gasteiger partial charge in [-0.2, -0.15) is 0 Å². The molecule has 1 unspecified atom stereocenters. The molecule has 0 bridgehead atoms. The average Bonchev–Trinajstić information content (AvgIpc) is 3.31. The molecule has 2 rings (SSSR count). The Morgan fingerprint density at radius 2 is 1.09 bits per heavy atom. The lowest BCUT2D eigenvalue weighted by atomic mass is 9.62. The van der Waals surface area contributed by atoms with Gasteiger partial charge in [0.05, 0.1) is 13.2 Å². The molecule has 0 amide bonds. The van der Waals surface area contributed by atoms with Crippen molar-refractivity contribution in [3.05, 3.63) is 0 Å². The number of aliphatic hydroxyl groups excluding tert-OH is 6. The van der Waals surface area contributed by atoms with E-state index in [4.69, 9.17) is 14.2 Å². The molecule has 274 valence electrons. The maximum atomic E-state index is 14.5. The molecular weight excluding hydrogens is 620 g/mol. The summed E-state index contributed by atoms with van der Waals surface area (Å²) in [4.78, 5) is 42.8. The Balaban J connectivity index is 2.91. The van der Waals surface area contributed by atoms with Crippen LogP contribution in [0.15, 0.2) is 0 Å². The minimum Gasteiger partial charge on any atom is -0.394 e. The third kappa shape index (κ3) is 8.15. The molecule has 0 spiro atoms. The summed E-state index contributed by atoms with van der Waals surface area (Å²) in [6.45, 7) is 2.45. The minimum atomic E-state index is -3.70. The normalized spacial score (nSPS) is 35.7. The number of ether oxygens (including phenoxy) is 3. The van der Waals surface area contributed by atoms with Crippen molar-refractivity contribution in [2.45, 2.75) is 170 Å². The van der Waals surface area contributed by atoms with Gasteiger partial charge >= 0.3 is 0 Å². The van der Waals surface area contributed by atoms with Crippen molar-refractivity contribution >= 4 is 17.3 Å². The first kappa shape index (κ1) is 41.7. The van der Waals surface area contributed by atoms with Crippen LogP contribution in [0.3, 0.4) is 0 Å². The molecule has 0 aliphatic carbocycles. The van der Waals surface area contributed by atoms with E-state index in [-0.39, 0.29) is 19.3 Å². The average molecular weight is 679 g/mol. The van der Waals surface area contributed by atoms with Gasteiger partial charge in [-0.3, -0.25) is 14.4 Å². The van der Waals surface area contributed by atoms with E-state index in [9.17, 15) is 55.2 Å². The monoisotopic (exact) mass is 678 g/mol. The van der Waals surface area contributed by atoms with Crippen molar-refractivity contribution in [2.24, 2.45) is 0 Å². The molecule has 2 fully saturated rings. The number of rotatable bonds is 23. The van der Waals surface area contributed by atoms with Gasteiger partial charge in [-0.25, -0.2) is 0 Å². The minimum absolute atomic E-state index is 0.144. The highest BCUT2D eigenvalue weighted by Gasteiger charge is 2.81. The Morgan fingerprint density at radius 3 is 1.51 bits per heavy atom. The highest BCUT2D eigenvalue weighted by Crippen LogP contribution is 2.52. The predicted molar refractivity (Wildman–Crippen MR) is 167 cm³/mol. The first-order chi connectivity index (χ1) is 22.3. The fraction of sp³-hybridized carbons (Fsp3) is 0.909. The first-order valence-electron chi connectivity index (χ1n) is 17.3. The fourth-order valence-electron chi connectivity index (χ4n) is 6.59. The molecule has 2 aliphatic rings. The first-order valence-corrected chi connectivity index (χ1v) is 17.3. The number of hydrogen-bond acceptors (Lipinski definition) is 14. The largest absolute Gasteiger partial charge is 0.394 e. The molecule has 0 aromatic rings. The van der Waals surface area contributed by atoms with Gasteiger partial charge in [0.2, 0.25) is 11.4 Å². The van der Waals surface area contributed by atoms with E-state index in [0.717, 1.165) is 25.7 Å². The van der Waals surface area contributed by atoms with Crippen LogP contribution in [0.5, 0.6) is 0 Å². The van der Waals surface area contributed by atoms with Crippen LogP contribution < -0.4 is 0 Å². The summed E-state index contributed by atoms with van der Waals surface area (Å²) in [5.74, 6) is -10.0. The number of carbonyl (C=O) groups excluding carboxylic acids is 3. The Bertz CT molecular complexity index is 1010. The highest BCUT2D eigenvalue weighted by molar-refractivity contribution is 6.06. The molecule has 47 heavy (non-hydrogen) atoms. The van der Waals surface area contributed by atoms with Crippen molar-refractivity contribution in [1.29, 1.82) is 0 Å². The van der Waals surface area contributed by atoms with Crippen LogP contribution in [0.1, 0.15) is 117 Å². The fourth-order valence-corrected chi connectivity index (χ4v) is 6.59. The standard InChI is InChI=1S/C33H58O14/c1-4-7-10-13-16-24(37)31(43)28(41)23(20-35)46-33(26(39)18-15-12-9-6-3,32(31,44)25(38)17-14-11-8-5-2)47-30(21-36)29(42)27(40)22(19-34)45-30/h22-23,27-29,34-36,40-44H,4-21H2,1-3H3/t22-,23-,27-,28-,29+,30?,31+,32-,33+/m1/s1. The Labute approximate surface area is 277 Å². The van der Waals surface area contributed by atoms with Crippen LogP contribution in [-0.2, 0) is 28.6 Å². The predicted octanol–water partition coefficient (Wildman–Crippen LogP) is 0.334. The summed E-state index contributed by atoms with van der Waals surface area (Å²) in [5.41, 5.74) is -7.19. The number of carbonyl (C=O) groups is 3. The second kappa shape index (κ2) is 18.5. The molecule has 14 heteroatoms. The van der Waals surface area contributed by atoms with Gasteiger partial charge in [-0.15, -0.1) is 0 Å². The third-order valence-corrected chi connectivity index (χ3v) is 9.50. The molecule has 0 aromatic heterocycles. The zero-order chi connectivity index (χ0) is 35.5. The maximum Gasteiger partial charge on any atom is 0.272 e. The lowest BCUT2D eigenvalue weighted by Crippen LogP contribution is -2.87. The molecule has 14 nitrogen and oxygen atoms in total. The summed E-state index contributed by atoms with van der Waals surface area (Å²) in [5, 5.41) is 88.7. The molecule has 2 heterocycles. The summed E-state index contributed by atoms with van der Waals surface area (Å²) in [7, 11) is 0. The topological polar surface area (TPSA) is 241 Å². The van der Waals surface area contributed by atoms with Crippen LogP contribution >= 0.6 is 0 Å². The van der Waals surface area contributed by atoms with E-state index in [2.05, 4.69) is 0 Å². The molecule has 0 saturated carbocycles. The number of ketones is 3. The molecule has 0 radical (unpaired) electrons. The number of Topliss-reactive ketones (excluding diaryl/α,β-unsaturated/α-hetero) is 3. The Morgan fingerprint density at radius 1 is 0.617 bits per heavy atom. The second-order valence-corrected chi connectivity index (χ2v) is 12.9. The van der Waals surface area contributed by atoms with Gasteiger partial charge in [0.15, 0.2) is 23.0 Å². The molecule has 9 atom stereocenters. The SMILES string of the molecule is CCCCCCC(=O)[C@@]1(OC2(CO)O[C@H](CO)[C@@H](O)[C@@H]2O)O[C@H](CO)[C@@H](O)[C@@](O)(C(=O)CCCCCC)[C@]1(O)C(=O)CCCCCC. The van der Waals surface area contributed by atoms with Crippen molar-refractivity contribution in [3.63, 3.8) is 0 Å². The summed E-state index contributed by atoms with van der Waals surface area (Å²) in [6, 6.07) is 0. The van der Waals surface area contributed by atoms with E-state index in [1.165, 1.54) is 0 Å². The summed E-state index contributed by atoms with van der Waals surface area (Å²) >= 11 is 0. The van der Waals surface area contributed by atoms with Crippen molar-refractivity contribution in [2.75, 3.05) is 19.8 Å². The second-order valence-electron chi connectivity index (χ2n) is 12.9. The molecule has 8 N–H and O–H groups in total. The van der Waals surface area contributed by atoms with Crippen LogP contribution in [0.2, 0.25) is 0 Å². The zero-order valence-corrected chi connectivity index (χ0v) is 28.1. The third-order valence-electron chi connectivity index (χ3n) is 9.50. The van der Waals surface area contributed by atoms with Gasteiger partial charge in [-0.05, 0) is 19.3 Å². The molecule has 2 saturated heterocycles. The van der Waals surface area contributed by atoms with Crippen LogP contribution in [0.4, 0.5) is 0 Å². The number of aliphatic hydroxyl groups is 8. The van der Waals surface area contributed by atoms with E-state index >= 15 is 0 Å². The maximum absolute atomic E-state index is 14.5. The molecule has 2 aliphatic heterocycles. The van der Waals surface area contributed by atoms with Crippen LogP contribution in [0.25, 0.3) is 0 Å². The zero-order valence-electron chi connectivity index (χ0n) is 28.1. The lowest BCUT2D eigenvalue weighted by Gasteiger charge is -2.59. The van der Waals surface area contributed by atoms with Crippen LogP contribution in [0, 0.1) is 0 Å².